The molecule has 2 N–H and O–H groups in total. The topological polar surface area (TPSA) is 71.1 Å². The van der Waals surface area contributed by atoms with Gasteiger partial charge in [0.15, 0.2) is 0 Å². The summed E-state index contributed by atoms with van der Waals surface area (Å²) in [5.74, 6) is -0.755. The SMILES string of the molecule is O=C(NNC(=O)C1CCCc2ccccc21)c1cccnc1. The lowest BCUT2D eigenvalue weighted by molar-refractivity contribution is -0.123. The molecule has 1 aliphatic carbocycles. The Kier molecular flexibility index (Phi) is 4.14. The molecule has 0 radical (unpaired) electrons. The lowest BCUT2D eigenvalue weighted by Gasteiger charge is -2.24. The number of carbonyl (C=O) groups is 2. The van der Waals surface area contributed by atoms with E-state index in [9.17, 15) is 9.59 Å². The van der Waals surface area contributed by atoms with Crippen molar-refractivity contribution in [3.63, 3.8) is 0 Å². The molecule has 2 aromatic rings. The van der Waals surface area contributed by atoms with Gasteiger partial charge in [-0.1, -0.05) is 24.3 Å². The highest BCUT2D eigenvalue weighted by atomic mass is 16.2. The van der Waals surface area contributed by atoms with Gasteiger partial charge in [0.1, 0.15) is 0 Å². The molecule has 22 heavy (non-hydrogen) atoms. The van der Waals surface area contributed by atoms with Crippen LogP contribution in [0.5, 0.6) is 0 Å². The van der Waals surface area contributed by atoms with E-state index < -0.39 is 0 Å². The van der Waals surface area contributed by atoms with Crippen molar-refractivity contribution in [1.29, 1.82) is 0 Å². The second-order valence-corrected chi connectivity index (χ2v) is 5.33. The number of aromatic nitrogens is 1. The summed E-state index contributed by atoms with van der Waals surface area (Å²) >= 11 is 0. The standard InChI is InChI=1S/C17H17N3O2/c21-16(13-7-4-10-18-11-13)19-20-17(22)15-9-3-6-12-5-1-2-8-14(12)15/h1-2,4-5,7-8,10-11,15H,3,6,9H2,(H,19,21)(H,20,22). The Morgan fingerprint density at radius 2 is 1.95 bits per heavy atom. The van der Waals surface area contributed by atoms with Crippen LogP contribution in [0.15, 0.2) is 48.8 Å². The highest BCUT2D eigenvalue weighted by Crippen LogP contribution is 2.31. The van der Waals surface area contributed by atoms with Gasteiger partial charge in [-0.3, -0.25) is 25.4 Å². The van der Waals surface area contributed by atoms with Crippen LogP contribution in [0.4, 0.5) is 0 Å². The van der Waals surface area contributed by atoms with Gasteiger partial charge >= 0.3 is 0 Å². The average molecular weight is 295 g/mol. The first-order valence-corrected chi connectivity index (χ1v) is 7.34. The second-order valence-electron chi connectivity index (χ2n) is 5.33. The predicted octanol–water partition coefficient (Wildman–Crippen LogP) is 1.96. The summed E-state index contributed by atoms with van der Waals surface area (Å²) in [7, 11) is 0. The van der Waals surface area contributed by atoms with Gasteiger partial charge in [-0.2, -0.15) is 0 Å². The monoisotopic (exact) mass is 295 g/mol. The van der Waals surface area contributed by atoms with Gasteiger partial charge < -0.3 is 0 Å². The van der Waals surface area contributed by atoms with Crippen LogP contribution in [0.2, 0.25) is 0 Å². The molecule has 0 saturated carbocycles. The molecule has 0 aliphatic heterocycles. The summed E-state index contributed by atoms with van der Waals surface area (Å²) in [6.45, 7) is 0. The normalized spacial score (nSPS) is 16.5. The fourth-order valence-corrected chi connectivity index (χ4v) is 2.80. The van der Waals surface area contributed by atoms with E-state index in [0.717, 1.165) is 24.8 Å². The number of fused-ring (bicyclic) bond motifs is 1. The summed E-state index contributed by atoms with van der Waals surface area (Å²) in [6, 6.07) is 11.3. The predicted molar refractivity (Wildman–Crippen MR) is 82.0 cm³/mol. The number of hydrazine groups is 1. The van der Waals surface area contributed by atoms with Crippen LogP contribution >= 0.6 is 0 Å². The molecule has 2 amide bonds. The van der Waals surface area contributed by atoms with Gasteiger partial charge in [-0.05, 0) is 42.5 Å². The van der Waals surface area contributed by atoms with Gasteiger partial charge in [0, 0.05) is 12.4 Å². The Morgan fingerprint density at radius 1 is 1.09 bits per heavy atom. The van der Waals surface area contributed by atoms with Gasteiger partial charge in [0.05, 0.1) is 11.5 Å². The second kappa shape index (κ2) is 6.39. The smallest absolute Gasteiger partial charge is 0.271 e. The van der Waals surface area contributed by atoms with E-state index in [2.05, 4.69) is 21.9 Å². The van der Waals surface area contributed by atoms with Gasteiger partial charge in [0.25, 0.3) is 5.91 Å². The first kappa shape index (κ1) is 14.3. The van der Waals surface area contributed by atoms with Crippen LogP contribution in [-0.2, 0) is 11.2 Å². The minimum absolute atomic E-state index is 0.176. The molecule has 5 heteroatoms. The van der Waals surface area contributed by atoms with Crippen LogP contribution in [0, 0.1) is 0 Å². The summed E-state index contributed by atoms with van der Waals surface area (Å²) in [6.07, 6.45) is 5.82. The number of carbonyl (C=O) groups excluding carboxylic acids is 2. The summed E-state index contributed by atoms with van der Waals surface area (Å²) in [5, 5.41) is 0. The van der Waals surface area contributed by atoms with E-state index in [1.165, 1.54) is 11.8 Å². The molecule has 1 aliphatic rings. The lowest BCUT2D eigenvalue weighted by Crippen LogP contribution is -2.44. The number of rotatable bonds is 2. The maximum absolute atomic E-state index is 12.4. The van der Waals surface area contributed by atoms with Crippen molar-refractivity contribution >= 4 is 11.8 Å². The fraction of sp³-hybridized carbons (Fsp3) is 0.235. The van der Waals surface area contributed by atoms with Crippen molar-refractivity contribution in [2.45, 2.75) is 25.2 Å². The zero-order valence-corrected chi connectivity index (χ0v) is 12.1. The third-order valence-corrected chi connectivity index (χ3v) is 3.91. The van der Waals surface area contributed by atoms with Crippen LogP contribution in [0.25, 0.3) is 0 Å². The maximum atomic E-state index is 12.4. The molecule has 1 aromatic heterocycles. The van der Waals surface area contributed by atoms with Crippen molar-refractivity contribution < 1.29 is 9.59 Å². The van der Waals surface area contributed by atoms with E-state index in [4.69, 9.17) is 0 Å². The Morgan fingerprint density at radius 3 is 2.77 bits per heavy atom. The Bertz CT molecular complexity index is 685. The molecule has 1 aromatic carbocycles. The molecule has 1 unspecified atom stereocenters. The zero-order chi connectivity index (χ0) is 15.4. The molecule has 112 valence electrons. The van der Waals surface area contributed by atoms with E-state index >= 15 is 0 Å². The Labute approximate surface area is 128 Å². The van der Waals surface area contributed by atoms with Crippen LogP contribution in [0.3, 0.4) is 0 Å². The largest absolute Gasteiger partial charge is 0.273 e. The van der Waals surface area contributed by atoms with Crippen molar-refractivity contribution in [3.8, 4) is 0 Å². The summed E-state index contributed by atoms with van der Waals surface area (Å²) in [4.78, 5) is 28.1. The summed E-state index contributed by atoms with van der Waals surface area (Å²) < 4.78 is 0. The highest BCUT2D eigenvalue weighted by Gasteiger charge is 2.26. The zero-order valence-electron chi connectivity index (χ0n) is 12.1. The Balaban J connectivity index is 1.65. The molecular formula is C17H17N3O2. The molecule has 0 fully saturated rings. The number of nitrogens with one attached hydrogen (secondary N) is 2. The first-order valence-electron chi connectivity index (χ1n) is 7.34. The van der Waals surface area contributed by atoms with E-state index in [0.29, 0.717) is 5.56 Å². The van der Waals surface area contributed by atoms with E-state index in [-0.39, 0.29) is 17.7 Å². The number of nitrogens with zero attached hydrogens (tertiary/aromatic N) is 1. The van der Waals surface area contributed by atoms with Crippen LogP contribution in [0.1, 0.15) is 40.2 Å². The van der Waals surface area contributed by atoms with Gasteiger partial charge in [-0.25, -0.2) is 0 Å². The number of aryl methyl sites for hydroxylation is 1. The number of hydrogen-bond donors (Lipinski definition) is 2. The number of hydrogen-bond acceptors (Lipinski definition) is 3. The molecule has 3 rings (SSSR count). The molecule has 0 bridgehead atoms. The van der Waals surface area contributed by atoms with Crippen molar-refractivity contribution in [2.24, 2.45) is 0 Å². The fourth-order valence-electron chi connectivity index (χ4n) is 2.80. The van der Waals surface area contributed by atoms with Gasteiger partial charge in [0.2, 0.25) is 5.91 Å². The number of benzene rings is 1. The molecule has 5 nitrogen and oxygen atoms in total. The minimum Gasteiger partial charge on any atom is -0.273 e. The van der Waals surface area contributed by atoms with Crippen LogP contribution in [-0.4, -0.2) is 16.8 Å². The molecule has 1 atom stereocenters. The third kappa shape index (κ3) is 2.98. The molecular weight excluding hydrogens is 278 g/mol. The Hall–Kier alpha value is -2.69. The van der Waals surface area contributed by atoms with Crippen molar-refractivity contribution in [1.82, 2.24) is 15.8 Å². The quantitative estimate of drug-likeness (QED) is 0.832. The molecule has 0 saturated heterocycles. The van der Waals surface area contributed by atoms with Crippen LogP contribution < -0.4 is 10.9 Å². The lowest BCUT2D eigenvalue weighted by atomic mass is 9.82. The molecule has 0 spiro atoms. The van der Waals surface area contributed by atoms with E-state index in [1.807, 2.05) is 18.2 Å². The van der Waals surface area contributed by atoms with Crippen molar-refractivity contribution in [3.05, 3.63) is 65.5 Å². The number of amides is 2. The average Bonchev–Trinajstić information content (AvgIpc) is 2.59. The van der Waals surface area contributed by atoms with E-state index in [1.54, 1.807) is 18.3 Å². The molecule has 1 heterocycles. The highest BCUT2D eigenvalue weighted by molar-refractivity contribution is 5.95. The minimum atomic E-state index is -0.370. The summed E-state index contributed by atoms with van der Waals surface area (Å²) in [5.41, 5.74) is 7.66. The first-order chi connectivity index (χ1) is 10.8. The van der Waals surface area contributed by atoms with Crippen molar-refractivity contribution in [2.75, 3.05) is 0 Å². The maximum Gasteiger partial charge on any atom is 0.271 e. The number of pyridine rings is 1. The van der Waals surface area contributed by atoms with Gasteiger partial charge in [-0.15, -0.1) is 0 Å². The third-order valence-electron chi connectivity index (χ3n) is 3.91.